The Morgan fingerprint density at radius 3 is 1.91 bits per heavy atom. The number of rotatable bonds is 1. The summed E-state index contributed by atoms with van der Waals surface area (Å²) in [5.41, 5.74) is -0.431. The van der Waals surface area contributed by atoms with Crippen LogP contribution in [0.2, 0.25) is 0 Å². The summed E-state index contributed by atoms with van der Waals surface area (Å²) in [5, 5.41) is 15.6. The van der Waals surface area contributed by atoms with Crippen molar-refractivity contribution in [2.75, 3.05) is 12.5 Å². The summed E-state index contributed by atoms with van der Waals surface area (Å²) in [6.07, 6.45) is 3.28. The van der Waals surface area contributed by atoms with Gasteiger partial charge in [0.25, 0.3) is 0 Å². The molecular weight excluding hydrogens is 166 g/mol. The van der Waals surface area contributed by atoms with Crippen LogP contribution in [0.15, 0.2) is 12.2 Å². The normalized spacial score (nSPS) is 7.45. The lowest BCUT2D eigenvalue weighted by Gasteiger charge is -1.76. The van der Waals surface area contributed by atoms with Crippen LogP contribution in [0.5, 0.6) is 0 Å². The smallest absolute Gasteiger partial charge is 0.345 e. The van der Waals surface area contributed by atoms with E-state index in [0.29, 0.717) is 0 Å². The van der Waals surface area contributed by atoms with Crippen LogP contribution in [-0.2, 0) is 15.6 Å². The van der Waals surface area contributed by atoms with Crippen molar-refractivity contribution in [3.63, 3.8) is 0 Å². The first-order chi connectivity index (χ1) is 4.91. The van der Waals surface area contributed by atoms with Gasteiger partial charge in [0.1, 0.15) is 11.6 Å². The van der Waals surface area contributed by atoms with E-state index in [1.807, 2.05) is 0 Å². The molecule has 0 aliphatic rings. The number of carboxylic acid groups (broad SMARTS) is 1. The van der Waals surface area contributed by atoms with E-state index in [-0.39, 0.29) is 0 Å². The topological polar surface area (TPSA) is 78.2 Å². The molecule has 0 aromatic carbocycles. The molecule has 4 nitrogen and oxygen atoms in total. The molecule has 1 N–H and O–H groups in total. The standard InChI is InChI=1S/C4H3NO2.C2H6OS/c1-3(2-5)4(6)7;1-4(2)3/h1H2,(H,6,7);1-2H3. The van der Waals surface area contributed by atoms with Gasteiger partial charge in [-0.25, -0.2) is 4.79 Å². The molecule has 0 unspecified atom stereocenters. The average Bonchev–Trinajstić information content (AvgIpc) is 1.85. The molecule has 0 aromatic heterocycles. The molecule has 62 valence electrons. The summed E-state index contributed by atoms with van der Waals surface area (Å²) in [7, 11) is -0.611. The van der Waals surface area contributed by atoms with E-state index >= 15 is 0 Å². The second kappa shape index (κ2) is 6.96. The summed E-state index contributed by atoms with van der Waals surface area (Å²) in [4.78, 5) is 9.61. The molecular formula is C6H9NO3S. The predicted molar refractivity (Wildman–Crippen MR) is 42.4 cm³/mol. The van der Waals surface area contributed by atoms with E-state index < -0.39 is 22.3 Å². The van der Waals surface area contributed by atoms with E-state index in [1.165, 1.54) is 6.07 Å². The Morgan fingerprint density at radius 1 is 1.64 bits per heavy atom. The summed E-state index contributed by atoms with van der Waals surface area (Å²) in [6, 6.07) is 1.37. The molecule has 0 aromatic rings. The number of aliphatic carboxylic acids is 1. The Labute approximate surface area is 67.6 Å². The van der Waals surface area contributed by atoms with Crippen molar-refractivity contribution in [2.45, 2.75) is 0 Å². The van der Waals surface area contributed by atoms with Crippen LogP contribution in [0.3, 0.4) is 0 Å². The fraction of sp³-hybridized carbons (Fsp3) is 0.333. The van der Waals surface area contributed by atoms with Gasteiger partial charge in [0.2, 0.25) is 0 Å². The van der Waals surface area contributed by atoms with Gasteiger partial charge in [-0.3, -0.25) is 4.21 Å². The molecule has 0 radical (unpaired) electrons. The Bertz CT molecular complexity index is 212. The second-order valence-corrected chi connectivity index (χ2v) is 3.12. The monoisotopic (exact) mass is 175 g/mol. The van der Waals surface area contributed by atoms with Crippen molar-refractivity contribution < 1.29 is 14.1 Å². The molecule has 0 saturated carbocycles. The lowest BCUT2D eigenvalue weighted by atomic mass is 10.4. The van der Waals surface area contributed by atoms with E-state index in [4.69, 9.17) is 10.4 Å². The van der Waals surface area contributed by atoms with Crippen LogP contribution in [0.1, 0.15) is 0 Å². The van der Waals surface area contributed by atoms with Crippen molar-refractivity contribution in [2.24, 2.45) is 0 Å². The maximum Gasteiger partial charge on any atom is 0.345 e. The highest BCUT2D eigenvalue weighted by molar-refractivity contribution is 7.83. The van der Waals surface area contributed by atoms with Gasteiger partial charge in [-0.05, 0) is 0 Å². The van der Waals surface area contributed by atoms with Crippen LogP contribution < -0.4 is 0 Å². The van der Waals surface area contributed by atoms with Crippen LogP contribution in [0.25, 0.3) is 0 Å². The molecule has 0 bridgehead atoms. The van der Waals surface area contributed by atoms with E-state index in [2.05, 4.69) is 6.58 Å². The third-order valence-corrected chi connectivity index (χ3v) is 0.393. The second-order valence-electron chi connectivity index (χ2n) is 1.64. The minimum atomic E-state index is -1.26. The van der Waals surface area contributed by atoms with Crippen LogP contribution in [0, 0.1) is 11.3 Å². The molecule has 0 fully saturated rings. The van der Waals surface area contributed by atoms with Gasteiger partial charge in [-0.15, -0.1) is 0 Å². The van der Waals surface area contributed by atoms with E-state index in [1.54, 1.807) is 12.5 Å². The quantitative estimate of drug-likeness (QED) is 0.454. The Balaban J connectivity index is 0. The Hall–Kier alpha value is -1.15. The lowest BCUT2D eigenvalue weighted by Crippen LogP contribution is -1.94. The lowest BCUT2D eigenvalue weighted by molar-refractivity contribution is -0.132. The van der Waals surface area contributed by atoms with Crippen molar-refractivity contribution in [3.05, 3.63) is 12.2 Å². The molecule has 0 aliphatic heterocycles. The van der Waals surface area contributed by atoms with E-state index in [0.717, 1.165) is 0 Å². The molecule has 0 atom stereocenters. The Kier molecular flexibility index (Phi) is 7.92. The summed E-state index contributed by atoms with van der Waals surface area (Å²) in [5.74, 6) is -1.26. The summed E-state index contributed by atoms with van der Waals surface area (Å²) in [6.45, 7) is 2.91. The highest BCUT2D eigenvalue weighted by Gasteiger charge is 1.97. The van der Waals surface area contributed by atoms with Gasteiger partial charge in [0.05, 0.1) is 0 Å². The molecule has 0 aliphatic carbocycles. The zero-order valence-corrected chi connectivity index (χ0v) is 7.14. The minimum Gasteiger partial charge on any atom is -0.477 e. The number of carboxylic acids is 1. The molecule has 0 spiro atoms. The van der Waals surface area contributed by atoms with Gasteiger partial charge in [-0.1, -0.05) is 6.58 Å². The maximum atomic E-state index is 9.61. The van der Waals surface area contributed by atoms with Gasteiger partial charge < -0.3 is 5.11 Å². The fourth-order valence-electron chi connectivity index (χ4n) is 0.0478. The minimum absolute atomic E-state index is 0.431. The molecule has 5 heteroatoms. The summed E-state index contributed by atoms with van der Waals surface area (Å²) >= 11 is 0. The summed E-state index contributed by atoms with van der Waals surface area (Å²) < 4.78 is 9.56. The third-order valence-electron chi connectivity index (χ3n) is 0.393. The highest BCUT2D eigenvalue weighted by atomic mass is 32.2. The zero-order chi connectivity index (χ0) is 9.44. The number of hydrogen-bond acceptors (Lipinski definition) is 3. The van der Waals surface area contributed by atoms with Gasteiger partial charge in [-0.2, -0.15) is 5.26 Å². The number of hydrogen-bond donors (Lipinski definition) is 1. The molecule has 0 rings (SSSR count). The Morgan fingerprint density at radius 2 is 1.91 bits per heavy atom. The fourth-order valence-corrected chi connectivity index (χ4v) is 0.0478. The van der Waals surface area contributed by atoms with Crippen LogP contribution >= 0.6 is 0 Å². The van der Waals surface area contributed by atoms with Crippen LogP contribution in [0.4, 0.5) is 0 Å². The SMILES string of the molecule is C=C(C#N)C(=O)O.CS(C)=O. The molecule has 0 saturated heterocycles. The predicted octanol–water partition coefficient (Wildman–Crippen LogP) is 0.145. The first-order valence-corrected chi connectivity index (χ1v) is 4.45. The third kappa shape index (κ3) is 17.7. The van der Waals surface area contributed by atoms with Gasteiger partial charge in [0.15, 0.2) is 0 Å². The maximum absolute atomic E-state index is 9.61. The molecule has 0 amide bonds. The van der Waals surface area contributed by atoms with Crippen LogP contribution in [-0.4, -0.2) is 27.8 Å². The first-order valence-electron chi connectivity index (χ1n) is 2.49. The van der Waals surface area contributed by atoms with Gasteiger partial charge in [0, 0.05) is 23.3 Å². The van der Waals surface area contributed by atoms with Crippen molar-refractivity contribution in [1.29, 1.82) is 5.26 Å². The number of carbonyl (C=O) groups is 1. The molecule has 0 heterocycles. The average molecular weight is 175 g/mol. The van der Waals surface area contributed by atoms with E-state index in [9.17, 15) is 9.00 Å². The first kappa shape index (κ1) is 12.5. The highest BCUT2D eigenvalue weighted by Crippen LogP contribution is 1.81. The largest absolute Gasteiger partial charge is 0.477 e. The van der Waals surface area contributed by atoms with Crippen molar-refractivity contribution >= 4 is 16.8 Å². The van der Waals surface area contributed by atoms with Gasteiger partial charge >= 0.3 is 5.97 Å². The number of nitrogens with zero attached hydrogens (tertiary/aromatic N) is 1. The number of nitriles is 1. The zero-order valence-electron chi connectivity index (χ0n) is 6.33. The molecule has 11 heavy (non-hydrogen) atoms. The van der Waals surface area contributed by atoms with Crippen molar-refractivity contribution in [1.82, 2.24) is 0 Å². The van der Waals surface area contributed by atoms with Crippen molar-refractivity contribution in [3.8, 4) is 6.07 Å².